The first-order valence-corrected chi connectivity index (χ1v) is 5.26. The molecule has 1 aromatic heterocycles. The summed E-state index contributed by atoms with van der Waals surface area (Å²) < 4.78 is 4.83. The van der Waals surface area contributed by atoms with Crippen LogP contribution in [0.25, 0.3) is 5.70 Å². The number of rotatable bonds is 3. The number of hydrogen-bond donors (Lipinski definition) is 0. The fourth-order valence-electron chi connectivity index (χ4n) is 1.11. The van der Waals surface area contributed by atoms with E-state index < -0.39 is 0 Å². The highest BCUT2D eigenvalue weighted by Crippen LogP contribution is 2.26. The van der Waals surface area contributed by atoms with Gasteiger partial charge in [-0.3, -0.25) is 0 Å². The third kappa shape index (κ3) is 2.70. The zero-order valence-electron chi connectivity index (χ0n) is 9.00. The van der Waals surface area contributed by atoms with Crippen molar-refractivity contribution in [2.24, 2.45) is 4.99 Å². The average Bonchev–Trinajstić information content (AvgIpc) is 2.52. The highest BCUT2D eigenvalue weighted by Gasteiger charge is 2.03. The first-order chi connectivity index (χ1) is 6.65. The highest BCUT2D eigenvalue weighted by atomic mass is 32.1. The molecule has 0 radical (unpaired) electrons. The summed E-state index contributed by atoms with van der Waals surface area (Å²) in [6.45, 7) is 6.20. The molecule has 76 valence electrons. The molecule has 0 N–H and O–H groups in total. The van der Waals surface area contributed by atoms with Crippen molar-refractivity contribution >= 4 is 23.4 Å². The predicted octanol–water partition coefficient (Wildman–Crippen LogP) is 3.48. The van der Waals surface area contributed by atoms with E-state index in [1.54, 1.807) is 18.4 Å². The molecule has 14 heavy (non-hydrogen) atoms. The topological polar surface area (TPSA) is 21.6 Å². The Morgan fingerprint density at radius 1 is 1.43 bits per heavy atom. The van der Waals surface area contributed by atoms with E-state index >= 15 is 0 Å². The molecule has 1 rings (SSSR count). The Balaban J connectivity index is 3.02. The standard InChI is InChI=1S/C11H15NOS/c1-8(2)11(12-7-13-4)10-6-5-9(3)14-10/h5-7H,1-4H3. The summed E-state index contributed by atoms with van der Waals surface area (Å²) in [6.07, 6.45) is 1.47. The lowest BCUT2D eigenvalue weighted by Gasteiger charge is -2.00. The summed E-state index contributed by atoms with van der Waals surface area (Å²) in [7, 11) is 1.60. The fraction of sp³-hybridized carbons (Fsp3) is 0.364. The van der Waals surface area contributed by atoms with E-state index in [1.807, 2.05) is 0 Å². The second kappa shape index (κ2) is 4.96. The molecule has 0 saturated carbocycles. The summed E-state index contributed by atoms with van der Waals surface area (Å²) in [4.78, 5) is 6.76. The second-order valence-corrected chi connectivity index (χ2v) is 4.52. The molecule has 0 fully saturated rings. The summed E-state index contributed by atoms with van der Waals surface area (Å²) in [6, 6.07) is 4.20. The van der Waals surface area contributed by atoms with Gasteiger partial charge in [-0.2, -0.15) is 0 Å². The molecule has 0 amide bonds. The Morgan fingerprint density at radius 3 is 2.57 bits per heavy atom. The number of nitrogens with zero attached hydrogens (tertiary/aromatic N) is 1. The second-order valence-electron chi connectivity index (χ2n) is 3.23. The monoisotopic (exact) mass is 209 g/mol. The highest BCUT2D eigenvalue weighted by molar-refractivity contribution is 7.13. The van der Waals surface area contributed by atoms with Crippen LogP contribution in [0.4, 0.5) is 0 Å². The van der Waals surface area contributed by atoms with Crippen LogP contribution in [0.3, 0.4) is 0 Å². The maximum atomic E-state index is 4.83. The largest absolute Gasteiger partial charge is 0.486 e. The normalized spacial score (nSPS) is 10.6. The first kappa shape index (κ1) is 11.0. The maximum Gasteiger partial charge on any atom is 0.174 e. The third-order valence-electron chi connectivity index (χ3n) is 1.73. The molecule has 0 unspecified atom stereocenters. The SMILES string of the molecule is COC=NC(=C(C)C)c1ccc(C)s1. The van der Waals surface area contributed by atoms with Gasteiger partial charge in [0, 0.05) is 4.88 Å². The lowest BCUT2D eigenvalue weighted by molar-refractivity contribution is 0.423. The minimum Gasteiger partial charge on any atom is -0.486 e. The molecule has 0 saturated heterocycles. The first-order valence-electron chi connectivity index (χ1n) is 4.44. The third-order valence-corrected chi connectivity index (χ3v) is 2.74. The van der Waals surface area contributed by atoms with Crippen LogP contribution >= 0.6 is 11.3 Å². The van der Waals surface area contributed by atoms with Gasteiger partial charge in [0.2, 0.25) is 0 Å². The maximum absolute atomic E-state index is 4.83. The molecular weight excluding hydrogens is 194 g/mol. The average molecular weight is 209 g/mol. The molecule has 1 heterocycles. The van der Waals surface area contributed by atoms with E-state index in [9.17, 15) is 0 Å². The number of allylic oxidation sites excluding steroid dienone is 1. The zero-order chi connectivity index (χ0) is 10.6. The van der Waals surface area contributed by atoms with Crippen molar-refractivity contribution in [1.82, 2.24) is 0 Å². The molecule has 0 spiro atoms. The van der Waals surface area contributed by atoms with E-state index in [0.29, 0.717) is 0 Å². The zero-order valence-corrected chi connectivity index (χ0v) is 9.81. The van der Waals surface area contributed by atoms with Crippen molar-refractivity contribution in [3.63, 3.8) is 0 Å². The van der Waals surface area contributed by atoms with Gasteiger partial charge in [-0.15, -0.1) is 11.3 Å². The van der Waals surface area contributed by atoms with Crippen LogP contribution in [0.5, 0.6) is 0 Å². The van der Waals surface area contributed by atoms with E-state index in [4.69, 9.17) is 4.74 Å². The van der Waals surface area contributed by atoms with Gasteiger partial charge in [0.25, 0.3) is 0 Å². The van der Waals surface area contributed by atoms with E-state index in [0.717, 1.165) is 5.70 Å². The van der Waals surface area contributed by atoms with E-state index in [1.165, 1.54) is 21.7 Å². The Bertz CT molecular complexity index is 359. The summed E-state index contributed by atoms with van der Waals surface area (Å²) >= 11 is 1.75. The van der Waals surface area contributed by atoms with Gasteiger partial charge in [0.15, 0.2) is 6.40 Å². The van der Waals surface area contributed by atoms with Gasteiger partial charge in [-0.25, -0.2) is 4.99 Å². The molecule has 3 heteroatoms. The quantitative estimate of drug-likeness (QED) is 0.551. The van der Waals surface area contributed by atoms with Gasteiger partial charge in [-0.1, -0.05) is 0 Å². The van der Waals surface area contributed by atoms with Crippen LogP contribution < -0.4 is 0 Å². The van der Waals surface area contributed by atoms with Gasteiger partial charge in [-0.05, 0) is 38.5 Å². The number of ether oxygens (including phenoxy) is 1. The van der Waals surface area contributed by atoms with Crippen LogP contribution in [0.1, 0.15) is 23.6 Å². The van der Waals surface area contributed by atoms with Crippen LogP contribution in [-0.4, -0.2) is 13.5 Å². The fourth-order valence-corrected chi connectivity index (χ4v) is 2.08. The van der Waals surface area contributed by atoms with Gasteiger partial charge < -0.3 is 4.74 Å². The summed E-state index contributed by atoms with van der Waals surface area (Å²) in [5, 5.41) is 0. The molecule has 0 atom stereocenters. The van der Waals surface area contributed by atoms with Crippen LogP contribution in [0.15, 0.2) is 22.7 Å². The molecule has 0 bridgehead atoms. The molecule has 0 aliphatic carbocycles. The molecule has 1 aromatic rings. The predicted molar refractivity (Wildman–Crippen MR) is 62.8 cm³/mol. The Hall–Kier alpha value is -1.09. The van der Waals surface area contributed by atoms with Crippen molar-refractivity contribution in [2.75, 3.05) is 7.11 Å². The lowest BCUT2D eigenvalue weighted by Crippen LogP contribution is -1.83. The lowest BCUT2D eigenvalue weighted by atomic mass is 10.2. The molecule has 0 aliphatic heterocycles. The molecule has 0 aliphatic rings. The van der Waals surface area contributed by atoms with Crippen molar-refractivity contribution in [3.8, 4) is 0 Å². The van der Waals surface area contributed by atoms with Crippen LogP contribution in [-0.2, 0) is 4.74 Å². The summed E-state index contributed by atoms with van der Waals surface area (Å²) in [5.74, 6) is 0. The van der Waals surface area contributed by atoms with Gasteiger partial charge in [0.05, 0.1) is 17.7 Å². The number of hydrogen-bond acceptors (Lipinski definition) is 3. The van der Waals surface area contributed by atoms with Crippen molar-refractivity contribution in [1.29, 1.82) is 0 Å². The molecular formula is C11H15NOS. The van der Waals surface area contributed by atoms with E-state index in [2.05, 4.69) is 37.9 Å². The summed E-state index contributed by atoms with van der Waals surface area (Å²) in [5.41, 5.74) is 2.20. The number of aliphatic imine (C=N–C) groups is 1. The van der Waals surface area contributed by atoms with Crippen LogP contribution in [0.2, 0.25) is 0 Å². The van der Waals surface area contributed by atoms with Crippen molar-refractivity contribution < 1.29 is 4.74 Å². The molecule has 2 nitrogen and oxygen atoms in total. The van der Waals surface area contributed by atoms with Crippen LogP contribution in [0, 0.1) is 6.92 Å². The Morgan fingerprint density at radius 2 is 2.14 bits per heavy atom. The number of aryl methyl sites for hydroxylation is 1. The Labute approximate surface area is 88.9 Å². The Kier molecular flexibility index (Phi) is 3.89. The van der Waals surface area contributed by atoms with E-state index in [-0.39, 0.29) is 0 Å². The minimum absolute atomic E-state index is 1.00. The number of thiophene rings is 1. The van der Waals surface area contributed by atoms with Crippen molar-refractivity contribution in [2.45, 2.75) is 20.8 Å². The van der Waals surface area contributed by atoms with Gasteiger partial charge >= 0.3 is 0 Å². The molecule has 0 aromatic carbocycles. The van der Waals surface area contributed by atoms with Gasteiger partial charge in [0.1, 0.15) is 0 Å². The van der Waals surface area contributed by atoms with Crippen molar-refractivity contribution in [3.05, 3.63) is 27.5 Å². The number of methoxy groups -OCH3 is 1. The smallest absolute Gasteiger partial charge is 0.174 e. The minimum atomic E-state index is 1.00.